The second-order valence-corrected chi connectivity index (χ2v) is 6.41. The summed E-state index contributed by atoms with van der Waals surface area (Å²) in [4.78, 5) is 14.5. The summed E-state index contributed by atoms with van der Waals surface area (Å²) in [6.45, 7) is 1.51. The van der Waals surface area contributed by atoms with Crippen LogP contribution in [0.4, 0.5) is 18.0 Å². The number of hydrogen-bond acceptors (Lipinski definition) is 3. The van der Waals surface area contributed by atoms with Crippen LogP contribution in [0.5, 0.6) is 0 Å². The topological polar surface area (TPSA) is 74.3 Å². The minimum absolute atomic E-state index is 0.0448. The van der Waals surface area contributed by atoms with Crippen molar-refractivity contribution < 1.29 is 27.8 Å². The number of nitrogens with one attached hydrogen (secondary N) is 2. The summed E-state index contributed by atoms with van der Waals surface area (Å²) >= 11 is 0. The molecule has 0 unspecified atom stereocenters. The third kappa shape index (κ3) is 4.45. The number of amides is 1. The normalized spacial score (nSPS) is 12.2. The SMILES string of the molecule is C[C@H](O)CNC(=O)OCCc1c(-c2ccc(F)cc2)[nH]c2c(F)cc(F)cc12. The molecule has 0 fully saturated rings. The number of carbonyl (C=O) groups excluding carboxylic acids is 1. The van der Waals surface area contributed by atoms with Gasteiger partial charge in [-0.05, 0) is 48.4 Å². The van der Waals surface area contributed by atoms with Crippen molar-refractivity contribution in [1.82, 2.24) is 10.3 Å². The Morgan fingerprint density at radius 2 is 1.89 bits per heavy atom. The van der Waals surface area contributed by atoms with Gasteiger partial charge >= 0.3 is 6.09 Å². The maximum Gasteiger partial charge on any atom is 0.407 e. The fourth-order valence-electron chi connectivity index (χ4n) is 2.92. The summed E-state index contributed by atoms with van der Waals surface area (Å²) in [5.74, 6) is -1.90. The van der Waals surface area contributed by atoms with Crippen molar-refractivity contribution in [3.05, 3.63) is 59.4 Å². The first-order chi connectivity index (χ1) is 13.3. The summed E-state index contributed by atoms with van der Waals surface area (Å²) in [7, 11) is 0. The molecule has 0 spiro atoms. The molecule has 0 aliphatic rings. The number of aliphatic hydroxyl groups excluding tert-OH is 1. The first-order valence-corrected chi connectivity index (χ1v) is 8.69. The lowest BCUT2D eigenvalue weighted by molar-refractivity contribution is 0.136. The number of ether oxygens (including phenoxy) is 1. The molecule has 0 radical (unpaired) electrons. The summed E-state index contributed by atoms with van der Waals surface area (Å²) < 4.78 is 46.2. The first kappa shape index (κ1) is 19.8. The number of halogens is 3. The minimum Gasteiger partial charge on any atom is -0.449 e. The van der Waals surface area contributed by atoms with Crippen LogP contribution in [0.1, 0.15) is 12.5 Å². The molecule has 0 saturated carbocycles. The lowest BCUT2D eigenvalue weighted by atomic mass is 10.0. The van der Waals surface area contributed by atoms with Crippen LogP contribution in [0, 0.1) is 17.5 Å². The van der Waals surface area contributed by atoms with Gasteiger partial charge in [-0.2, -0.15) is 0 Å². The van der Waals surface area contributed by atoms with E-state index in [4.69, 9.17) is 9.84 Å². The zero-order valence-electron chi connectivity index (χ0n) is 15.1. The number of fused-ring (bicyclic) bond motifs is 1. The molecule has 1 atom stereocenters. The van der Waals surface area contributed by atoms with Gasteiger partial charge in [0.25, 0.3) is 0 Å². The minimum atomic E-state index is -0.750. The fraction of sp³-hybridized carbons (Fsp3) is 0.250. The molecule has 8 heteroatoms. The summed E-state index contributed by atoms with van der Waals surface area (Å²) in [6, 6.07) is 7.55. The average molecular weight is 392 g/mol. The van der Waals surface area contributed by atoms with E-state index in [1.807, 2.05) is 0 Å². The van der Waals surface area contributed by atoms with Gasteiger partial charge in [0.05, 0.1) is 18.2 Å². The standard InChI is InChI=1S/C20H19F3N2O3/c1-11(26)10-24-20(27)28-7-6-15-16-8-14(22)9-17(23)19(16)25-18(15)12-2-4-13(21)5-3-12/h2-5,8-9,11,25-26H,6-7,10H2,1H3,(H,24,27)/t11-/m0/s1. The molecule has 3 rings (SSSR count). The van der Waals surface area contributed by atoms with Gasteiger partial charge in [0.2, 0.25) is 0 Å². The van der Waals surface area contributed by atoms with E-state index in [-0.39, 0.29) is 25.1 Å². The molecule has 28 heavy (non-hydrogen) atoms. The average Bonchev–Trinajstić information content (AvgIpc) is 2.99. The van der Waals surface area contributed by atoms with E-state index in [1.165, 1.54) is 37.3 Å². The molecule has 148 valence electrons. The van der Waals surface area contributed by atoms with Crippen molar-refractivity contribution in [2.75, 3.05) is 13.2 Å². The third-order valence-electron chi connectivity index (χ3n) is 4.19. The molecule has 1 aromatic heterocycles. The van der Waals surface area contributed by atoms with Crippen molar-refractivity contribution in [2.45, 2.75) is 19.4 Å². The summed E-state index contributed by atoms with van der Waals surface area (Å²) in [5, 5.41) is 11.9. The van der Waals surface area contributed by atoms with E-state index < -0.39 is 29.6 Å². The van der Waals surface area contributed by atoms with E-state index in [2.05, 4.69) is 10.3 Å². The second kappa shape index (κ2) is 8.35. The molecule has 3 aromatic rings. The molecular weight excluding hydrogens is 373 g/mol. The van der Waals surface area contributed by atoms with E-state index in [0.29, 0.717) is 22.2 Å². The molecule has 2 aromatic carbocycles. The number of alkyl carbamates (subject to hydrolysis) is 1. The van der Waals surface area contributed by atoms with Gasteiger partial charge in [-0.15, -0.1) is 0 Å². The quantitative estimate of drug-likeness (QED) is 0.596. The molecule has 1 heterocycles. The van der Waals surface area contributed by atoms with Gasteiger partial charge in [0.1, 0.15) is 17.5 Å². The highest BCUT2D eigenvalue weighted by molar-refractivity contribution is 5.91. The van der Waals surface area contributed by atoms with Crippen LogP contribution < -0.4 is 5.32 Å². The zero-order valence-corrected chi connectivity index (χ0v) is 15.1. The molecule has 0 saturated heterocycles. The van der Waals surface area contributed by atoms with Crippen LogP contribution in [-0.4, -0.2) is 35.4 Å². The molecule has 1 amide bonds. The van der Waals surface area contributed by atoms with Crippen LogP contribution in [0.15, 0.2) is 36.4 Å². The largest absolute Gasteiger partial charge is 0.449 e. The van der Waals surface area contributed by atoms with E-state index >= 15 is 0 Å². The molecule has 3 N–H and O–H groups in total. The molecule has 0 aliphatic carbocycles. The van der Waals surface area contributed by atoms with E-state index in [0.717, 1.165) is 6.07 Å². The second-order valence-electron chi connectivity index (χ2n) is 6.41. The van der Waals surface area contributed by atoms with E-state index in [9.17, 15) is 18.0 Å². The summed E-state index contributed by atoms with van der Waals surface area (Å²) in [5.41, 5.74) is 1.75. The molecule has 0 aliphatic heterocycles. The van der Waals surface area contributed by atoms with Crippen molar-refractivity contribution in [2.24, 2.45) is 0 Å². The zero-order chi connectivity index (χ0) is 20.3. The van der Waals surface area contributed by atoms with Crippen LogP contribution in [0.3, 0.4) is 0 Å². The Labute approximate surface area is 159 Å². The van der Waals surface area contributed by atoms with Crippen LogP contribution in [0.2, 0.25) is 0 Å². The molecular formula is C20H19F3N2O3. The van der Waals surface area contributed by atoms with E-state index in [1.54, 1.807) is 0 Å². The Bertz CT molecular complexity index is 985. The number of carbonyl (C=O) groups is 1. The highest BCUT2D eigenvalue weighted by Gasteiger charge is 2.17. The molecule has 0 bridgehead atoms. The third-order valence-corrected chi connectivity index (χ3v) is 4.19. The van der Waals surface area contributed by atoms with Gasteiger partial charge in [0.15, 0.2) is 0 Å². The number of aromatic amines is 1. The number of benzene rings is 2. The Hall–Kier alpha value is -3.00. The molecule has 5 nitrogen and oxygen atoms in total. The Balaban J connectivity index is 1.89. The van der Waals surface area contributed by atoms with Crippen LogP contribution >= 0.6 is 0 Å². The monoisotopic (exact) mass is 392 g/mol. The lowest BCUT2D eigenvalue weighted by Crippen LogP contribution is -2.31. The fourth-order valence-corrected chi connectivity index (χ4v) is 2.92. The maximum atomic E-state index is 14.2. The Morgan fingerprint density at radius 1 is 1.18 bits per heavy atom. The van der Waals surface area contributed by atoms with Gasteiger partial charge in [-0.1, -0.05) is 0 Å². The van der Waals surface area contributed by atoms with Gasteiger partial charge in [-0.25, -0.2) is 18.0 Å². The Kier molecular flexibility index (Phi) is 5.89. The number of aliphatic hydroxyl groups is 1. The van der Waals surface area contributed by atoms with Crippen molar-refractivity contribution >= 4 is 17.0 Å². The number of hydrogen-bond donors (Lipinski definition) is 3. The van der Waals surface area contributed by atoms with Crippen LogP contribution in [-0.2, 0) is 11.2 Å². The van der Waals surface area contributed by atoms with Gasteiger partial charge in [-0.3, -0.25) is 0 Å². The first-order valence-electron chi connectivity index (χ1n) is 8.69. The number of aromatic nitrogens is 1. The highest BCUT2D eigenvalue weighted by atomic mass is 19.1. The lowest BCUT2D eigenvalue weighted by Gasteiger charge is -2.09. The van der Waals surface area contributed by atoms with Crippen molar-refractivity contribution in [3.8, 4) is 11.3 Å². The smallest absolute Gasteiger partial charge is 0.407 e. The predicted molar refractivity (Wildman–Crippen MR) is 98.3 cm³/mol. The number of rotatable bonds is 6. The number of H-pyrrole nitrogens is 1. The van der Waals surface area contributed by atoms with Crippen molar-refractivity contribution in [3.63, 3.8) is 0 Å². The predicted octanol–water partition coefficient (Wildman–Crippen LogP) is 3.90. The van der Waals surface area contributed by atoms with Gasteiger partial charge in [0, 0.05) is 30.1 Å². The van der Waals surface area contributed by atoms with Crippen molar-refractivity contribution in [1.29, 1.82) is 0 Å². The highest BCUT2D eigenvalue weighted by Crippen LogP contribution is 2.32. The van der Waals surface area contributed by atoms with Gasteiger partial charge < -0.3 is 20.1 Å². The van der Waals surface area contributed by atoms with Crippen LogP contribution in [0.25, 0.3) is 22.2 Å². The summed E-state index contributed by atoms with van der Waals surface area (Å²) in [6.07, 6.45) is -1.24. The maximum absolute atomic E-state index is 14.2. The Morgan fingerprint density at radius 3 is 2.57 bits per heavy atom.